The first-order valence-electron chi connectivity index (χ1n) is 5.44. The van der Waals surface area contributed by atoms with Gasteiger partial charge in [-0.3, -0.25) is 0 Å². The SMILES string of the molecule is C=Cc1snc(N2CCN(C)CC2)c1C=C. The van der Waals surface area contributed by atoms with Gasteiger partial charge in [0.25, 0.3) is 0 Å². The number of nitrogens with zero attached hydrogens (tertiary/aromatic N) is 3. The highest BCUT2D eigenvalue weighted by Crippen LogP contribution is 2.29. The van der Waals surface area contributed by atoms with Crippen molar-refractivity contribution in [3.05, 3.63) is 23.6 Å². The number of hydrogen-bond acceptors (Lipinski definition) is 4. The van der Waals surface area contributed by atoms with Crippen molar-refractivity contribution >= 4 is 29.5 Å². The lowest BCUT2D eigenvalue weighted by molar-refractivity contribution is 0.312. The first kappa shape index (κ1) is 11.4. The predicted molar refractivity (Wildman–Crippen MR) is 72.0 cm³/mol. The molecule has 3 nitrogen and oxygen atoms in total. The van der Waals surface area contributed by atoms with Crippen LogP contribution < -0.4 is 4.90 Å². The van der Waals surface area contributed by atoms with Gasteiger partial charge in [0.05, 0.1) is 4.88 Å². The third-order valence-electron chi connectivity index (χ3n) is 2.93. The zero-order chi connectivity index (χ0) is 11.5. The molecule has 86 valence electrons. The summed E-state index contributed by atoms with van der Waals surface area (Å²) in [4.78, 5) is 5.79. The average Bonchev–Trinajstić information content (AvgIpc) is 2.72. The van der Waals surface area contributed by atoms with Crippen molar-refractivity contribution in [2.45, 2.75) is 0 Å². The normalized spacial score (nSPS) is 17.4. The summed E-state index contributed by atoms with van der Waals surface area (Å²) in [6, 6.07) is 0. The molecule has 0 radical (unpaired) electrons. The van der Waals surface area contributed by atoms with E-state index in [1.807, 2.05) is 12.2 Å². The Labute approximate surface area is 101 Å². The van der Waals surface area contributed by atoms with Crippen LogP contribution >= 0.6 is 11.5 Å². The topological polar surface area (TPSA) is 19.4 Å². The Morgan fingerprint density at radius 1 is 1.19 bits per heavy atom. The summed E-state index contributed by atoms with van der Waals surface area (Å²) in [6.07, 6.45) is 3.74. The van der Waals surface area contributed by atoms with Crippen LogP contribution in [0.15, 0.2) is 13.2 Å². The summed E-state index contributed by atoms with van der Waals surface area (Å²) < 4.78 is 4.51. The third-order valence-corrected chi connectivity index (χ3v) is 3.78. The number of piperazine rings is 1. The lowest BCUT2D eigenvalue weighted by atomic mass is 10.2. The lowest BCUT2D eigenvalue weighted by Crippen LogP contribution is -2.44. The minimum absolute atomic E-state index is 1.04. The van der Waals surface area contributed by atoms with Crippen molar-refractivity contribution < 1.29 is 0 Å². The van der Waals surface area contributed by atoms with E-state index >= 15 is 0 Å². The van der Waals surface area contributed by atoms with Crippen molar-refractivity contribution in [2.24, 2.45) is 0 Å². The van der Waals surface area contributed by atoms with E-state index in [2.05, 4.69) is 34.4 Å². The van der Waals surface area contributed by atoms with Gasteiger partial charge in [-0.05, 0) is 24.7 Å². The molecule has 0 spiro atoms. The molecule has 1 saturated heterocycles. The number of aromatic nitrogens is 1. The Hall–Kier alpha value is -1.13. The number of hydrogen-bond donors (Lipinski definition) is 0. The largest absolute Gasteiger partial charge is 0.353 e. The van der Waals surface area contributed by atoms with E-state index in [9.17, 15) is 0 Å². The third kappa shape index (κ3) is 2.03. The first-order chi connectivity index (χ1) is 7.76. The monoisotopic (exact) mass is 235 g/mol. The lowest BCUT2D eigenvalue weighted by Gasteiger charge is -2.33. The Balaban J connectivity index is 2.23. The predicted octanol–water partition coefficient (Wildman–Crippen LogP) is 2.18. The Morgan fingerprint density at radius 2 is 1.88 bits per heavy atom. The van der Waals surface area contributed by atoms with Gasteiger partial charge in [-0.1, -0.05) is 19.2 Å². The van der Waals surface area contributed by atoms with Gasteiger partial charge in [-0.15, -0.1) is 0 Å². The smallest absolute Gasteiger partial charge is 0.150 e. The van der Waals surface area contributed by atoms with Crippen molar-refractivity contribution in [3.8, 4) is 0 Å². The molecular formula is C12H17N3S. The van der Waals surface area contributed by atoms with Gasteiger partial charge in [-0.25, -0.2) is 0 Å². The molecule has 0 atom stereocenters. The minimum atomic E-state index is 1.04. The Morgan fingerprint density at radius 3 is 2.44 bits per heavy atom. The van der Waals surface area contributed by atoms with E-state index in [-0.39, 0.29) is 0 Å². The van der Waals surface area contributed by atoms with Gasteiger partial charge >= 0.3 is 0 Å². The number of likely N-dealkylation sites (N-methyl/N-ethyl adjacent to an activating group) is 1. The molecule has 1 aromatic rings. The second-order valence-corrected chi connectivity index (χ2v) is 4.79. The fourth-order valence-electron chi connectivity index (χ4n) is 1.89. The van der Waals surface area contributed by atoms with E-state index < -0.39 is 0 Å². The summed E-state index contributed by atoms with van der Waals surface area (Å²) >= 11 is 1.50. The van der Waals surface area contributed by atoms with E-state index in [1.165, 1.54) is 11.5 Å². The van der Waals surface area contributed by atoms with Crippen LogP contribution in [0.2, 0.25) is 0 Å². The van der Waals surface area contributed by atoms with Crippen LogP contribution in [0.4, 0.5) is 5.82 Å². The molecule has 1 aromatic heterocycles. The quantitative estimate of drug-likeness (QED) is 0.800. The van der Waals surface area contributed by atoms with Crippen molar-refractivity contribution in [3.63, 3.8) is 0 Å². The highest BCUT2D eigenvalue weighted by atomic mass is 32.1. The van der Waals surface area contributed by atoms with Crippen LogP contribution in [0.1, 0.15) is 10.4 Å². The minimum Gasteiger partial charge on any atom is -0.353 e. The zero-order valence-electron chi connectivity index (χ0n) is 9.65. The highest BCUT2D eigenvalue weighted by Gasteiger charge is 2.19. The molecule has 2 rings (SSSR count). The summed E-state index contributed by atoms with van der Waals surface area (Å²) in [5.74, 6) is 1.07. The maximum Gasteiger partial charge on any atom is 0.150 e. The van der Waals surface area contributed by atoms with Gasteiger partial charge in [0.1, 0.15) is 5.82 Å². The van der Waals surface area contributed by atoms with Gasteiger partial charge in [0.15, 0.2) is 0 Å². The molecule has 0 bridgehead atoms. The fraction of sp³-hybridized carbons (Fsp3) is 0.417. The van der Waals surface area contributed by atoms with Crippen LogP contribution in [-0.4, -0.2) is 42.5 Å². The van der Waals surface area contributed by atoms with Gasteiger partial charge in [-0.2, -0.15) is 4.37 Å². The van der Waals surface area contributed by atoms with E-state index in [1.54, 1.807) is 0 Å². The molecule has 16 heavy (non-hydrogen) atoms. The van der Waals surface area contributed by atoms with Crippen molar-refractivity contribution in [1.29, 1.82) is 0 Å². The fourth-order valence-corrected chi connectivity index (χ4v) is 2.63. The van der Waals surface area contributed by atoms with Crippen LogP contribution in [0.25, 0.3) is 12.2 Å². The molecule has 4 heteroatoms. The zero-order valence-corrected chi connectivity index (χ0v) is 10.5. The standard InChI is InChI=1S/C12H17N3S/c1-4-10-11(5-2)16-13-12(10)15-8-6-14(3)7-9-15/h4-5H,1-2,6-9H2,3H3. The van der Waals surface area contributed by atoms with Gasteiger partial charge < -0.3 is 9.80 Å². The number of anilines is 1. The maximum absolute atomic E-state index is 4.51. The number of rotatable bonds is 3. The Bertz CT molecular complexity index is 389. The van der Waals surface area contributed by atoms with Crippen molar-refractivity contribution in [1.82, 2.24) is 9.27 Å². The van der Waals surface area contributed by atoms with Crippen LogP contribution in [0.5, 0.6) is 0 Å². The summed E-state index contributed by atoms with van der Waals surface area (Å²) in [5, 5.41) is 0. The van der Waals surface area contributed by atoms with Crippen LogP contribution in [0, 0.1) is 0 Å². The second kappa shape index (κ2) is 4.80. The Kier molecular flexibility index (Phi) is 3.41. The van der Waals surface area contributed by atoms with Gasteiger partial charge in [0, 0.05) is 31.7 Å². The maximum atomic E-state index is 4.51. The molecule has 0 N–H and O–H groups in total. The molecule has 1 aliphatic heterocycles. The second-order valence-electron chi connectivity index (χ2n) is 3.98. The molecule has 0 unspecified atom stereocenters. The molecule has 1 fully saturated rings. The molecule has 0 aromatic carbocycles. The first-order valence-corrected chi connectivity index (χ1v) is 6.21. The van der Waals surface area contributed by atoms with Crippen LogP contribution in [-0.2, 0) is 0 Å². The van der Waals surface area contributed by atoms with E-state index in [0.29, 0.717) is 0 Å². The molecule has 0 aliphatic carbocycles. The van der Waals surface area contributed by atoms with E-state index in [4.69, 9.17) is 0 Å². The molecule has 0 amide bonds. The molecular weight excluding hydrogens is 218 g/mol. The average molecular weight is 235 g/mol. The molecule has 0 saturated carbocycles. The van der Waals surface area contributed by atoms with Crippen molar-refractivity contribution in [2.75, 3.05) is 38.1 Å². The van der Waals surface area contributed by atoms with Crippen LogP contribution in [0.3, 0.4) is 0 Å². The highest BCUT2D eigenvalue weighted by molar-refractivity contribution is 7.07. The molecule has 1 aliphatic rings. The molecule has 2 heterocycles. The summed E-state index contributed by atoms with van der Waals surface area (Å²) in [7, 11) is 2.15. The van der Waals surface area contributed by atoms with Gasteiger partial charge in [0.2, 0.25) is 0 Å². The summed E-state index contributed by atoms with van der Waals surface area (Å²) in [6.45, 7) is 11.9. The summed E-state index contributed by atoms with van der Waals surface area (Å²) in [5.41, 5.74) is 1.13. The van der Waals surface area contributed by atoms with E-state index in [0.717, 1.165) is 42.4 Å².